The summed E-state index contributed by atoms with van der Waals surface area (Å²) in [6.45, 7) is 17.1. The van der Waals surface area contributed by atoms with E-state index in [0.29, 0.717) is 11.4 Å². The van der Waals surface area contributed by atoms with Crippen molar-refractivity contribution in [2.75, 3.05) is 50.7 Å². The fraction of sp³-hybridized carbons (Fsp3) is 0.600. The van der Waals surface area contributed by atoms with Crippen molar-refractivity contribution in [3.63, 3.8) is 0 Å². The van der Waals surface area contributed by atoms with Crippen LogP contribution in [0, 0.1) is 0 Å². The van der Waals surface area contributed by atoms with Crippen molar-refractivity contribution in [1.82, 2.24) is 25.2 Å². The SMILES string of the molecule is CC(=O)N1CCN(Cc2ccc3onc(N4CCC(=O)NC4=O)c3c2)[C@H](C)C1.CCN(CC)CC. The molecule has 192 valence electrons. The molecule has 0 spiro atoms. The number of benzene rings is 1. The van der Waals surface area contributed by atoms with E-state index in [1.54, 1.807) is 6.92 Å². The third-order valence-corrected chi connectivity index (χ3v) is 6.76. The van der Waals surface area contributed by atoms with Gasteiger partial charge < -0.3 is 14.3 Å². The van der Waals surface area contributed by atoms with E-state index >= 15 is 0 Å². The van der Waals surface area contributed by atoms with Crippen LogP contribution in [0.5, 0.6) is 0 Å². The highest BCUT2D eigenvalue weighted by molar-refractivity contribution is 6.08. The first-order chi connectivity index (χ1) is 16.8. The second kappa shape index (κ2) is 12.1. The highest BCUT2D eigenvalue weighted by Crippen LogP contribution is 2.29. The molecule has 2 fully saturated rings. The summed E-state index contributed by atoms with van der Waals surface area (Å²) in [5.74, 6) is 0.255. The van der Waals surface area contributed by atoms with E-state index in [0.717, 1.165) is 37.1 Å². The Morgan fingerprint density at radius 1 is 1.14 bits per heavy atom. The molecule has 0 radical (unpaired) electrons. The number of urea groups is 1. The smallest absolute Gasteiger partial charge is 0.329 e. The molecule has 2 aliphatic heterocycles. The lowest BCUT2D eigenvalue weighted by Gasteiger charge is -2.39. The number of carbonyl (C=O) groups is 3. The van der Waals surface area contributed by atoms with Crippen molar-refractivity contribution < 1.29 is 18.9 Å². The van der Waals surface area contributed by atoms with E-state index < -0.39 is 6.03 Å². The van der Waals surface area contributed by atoms with Crippen LogP contribution < -0.4 is 10.2 Å². The molecular formula is C25H38N6O4. The number of fused-ring (bicyclic) bond motifs is 1. The van der Waals surface area contributed by atoms with Gasteiger partial charge in [0.2, 0.25) is 11.8 Å². The predicted octanol–water partition coefficient (Wildman–Crippen LogP) is 2.67. The minimum absolute atomic E-state index is 0.111. The molecule has 0 unspecified atom stereocenters. The average Bonchev–Trinajstić information content (AvgIpc) is 3.25. The molecule has 2 aromatic rings. The molecule has 4 amide bonds. The van der Waals surface area contributed by atoms with Crippen LogP contribution in [0.3, 0.4) is 0 Å². The van der Waals surface area contributed by atoms with E-state index in [9.17, 15) is 14.4 Å². The summed E-state index contributed by atoms with van der Waals surface area (Å²) in [7, 11) is 0. The first-order valence-electron chi connectivity index (χ1n) is 12.5. The summed E-state index contributed by atoms with van der Waals surface area (Å²) in [6.07, 6.45) is 0.234. The minimum Gasteiger partial charge on any atom is -0.354 e. The maximum atomic E-state index is 12.1. The molecular weight excluding hydrogens is 448 g/mol. The number of hydrogen-bond donors (Lipinski definition) is 1. The first-order valence-corrected chi connectivity index (χ1v) is 12.5. The summed E-state index contributed by atoms with van der Waals surface area (Å²) in [5, 5.41) is 7.10. The number of nitrogens with zero attached hydrogens (tertiary/aromatic N) is 5. The Kier molecular flexibility index (Phi) is 9.22. The molecule has 4 rings (SSSR count). The summed E-state index contributed by atoms with van der Waals surface area (Å²) < 4.78 is 5.37. The van der Waals surface area contributed by atoms with Crippen molar-refractivity contribution in [3.8, 4) is 0 Å². The van der Waals surface area contributed by atoms with Crippen LogP contribution in [0.4, 0.5) is 10.6 Å². The Morgan fingerprint density at radius 2 is 1.86 bits per heavy atom. The molecule has 1 aromatic carbocycles. The number of amides is 4. The van der Waals surface area contributed by atoms with Gasteiger partial charge in [-0.05, 0) is 44.3 Å². The standard InChI is InChI=1S/C19H23N5O4.C6H15N/c1-12-10-23(13(2)25)8-7-22(12)11-14-3-4-16-15(9-14)18(21-28-16)24-6-5-17(26)20-19(24)27;1-4-7(5-2)6-3/h3-4,9,12H,5-8,10-11H2,1-2H3,(H,20,26,27);4-6H2,1-3H3/t12-;/m1./s1. The highest BCUT2D eigenvalue weighted by atomic mass is 16.5. The molecule has 0 aliphatic carbocycles. The van der Waals surface area contributed by atoms with Crippen molar-refractivity contribution in [3.05, 3.63) is 23.8 Å². The van der Waals surface area contributed by atoms with Gasteiger partial charge in [-0.3, -0.25) is 24.7 Å². The van der Waals surface area contributed by atoms with Gasteiger partial charge in [-0.1, -0.05) is 32.0 Å². The molecule has 2 saturated heterocycles. The quantitative estimate of drug-likeness (QED) is 0.670. The van der Waals surface area contributed by atoms with Gasteiger partial charge >= 0.3 is 6.03 Å². The average molecular weight is 487 g/mol. The number of aromatic nitrogens is 1. The van der Waals surface area contributed by atoms with Crippen molar-refractivity contribution in [2.45, 2.75) is 53.6 Å². The molecule has 10 nitrogen and oxygen atoms in total. The molecule has 2 aliphatic rings. The molecule has 1 atom stereocenters. The van der Waals surface area contributed by atoms with Crippen LogP contribution >= 0.6 is 0 Å². The lowest BCUT2D eigenvalue weighted by Crippen LogP contribution is -2.52. The fourth-order valence-electron chi connectivity index (χ4n) is 4.45. The van der Waals surface area contributed by atoms with Gasteiger partial charge in [-0.2, -0.15) is 0 Å². The molecule has 1 N–H and O–H groups in total. The van der Waals surface area contributed by atoms with Crippen molar-refractivity contribution in [2.24, 2.45) is 0 Å². The monoisotopic (exact) mass is 486 g/mol. The van der Waals surface area contributed by atoms with Gasteiger partial charge in [0.15, 0.2) is 11.4 Å². The summed E-state index contributed by atoms with van der Waals surface area (Å²) in [5.41, 5.74) is 1.67. The van der Waals surface area contributed by atoms with Gasteiger partial charge in [-0.15, -0.1) is 0 Å². The van der Waals surface area contributed by atoms with E-state index in [1.165, 1.54) is 24.5 Å². The van der Waals surface area contributed by atoms with E-state index in [4.69, 9.17) is 4.52 Å². The molecule has 3 heterocycles. The third kappa shape index (κ3) is 6.58. The zero-order chi connectivity index (χ0) is 25.5. The Bertz CT molecular complexity index is 1030. The zero-order valence-corrected chi connectivity index (χ0v) is 21.5. The molecule has 10 heteroatoms. The minimum atomic E-state index is -0.481. The number of hydrogen-bond acceptors (Lipinski definition) is 7. The van der Waals surface area contributed by atoms with Crippen molar-refractivity contribution in [1.29, 1.82) is 0 Å². The van der Waals surface area contributed by atoms with E-state index in [2.05, 4.69) is 48.0 Å². The second-order valence-electron chi connectivity index (χ2n) is 9.00. The van der Waals surface area contributed by atoms with Gasteiger partial charge in [0, 0.05) is 52.1 Å². The Hall–Kier alpha value is -2.98. The topological polar surface area (TPSA) is 102 Å². The van der Waals surface area contributed by atoms with Crippen LogP contribution in [-0.2, 0) is 16.1 Å². The van der Waals surface area contributed by atoms with E-state index in [1.807, 2.05) is 23.1 Å². The Labute approximate surface area is 207 Å². The number of anilines is 1. The van der Waals surface area contributed by atoms with Gasteiger partial charge in [-0.25, -0.2) is 4.79 Å². The van der Waals surface area contributed by atoms with Crippen LogP contribution in [0.15, 0.2) is 22.7 Å². The maximum absolute atomic E-state index is 12.1. The number of nitrogens with one attached hydrogen (secondary N) is 1. The lowest BCUT2D eigenvalue weighted by molar-refractivity contribution is -0.131. The summed E-state index contributed by atoms with van der Waals surface area (Å²) >= 11 is 0. The second-order valence-corrected chi connectivity index (χ2v) is 9.00. The molecule has 0 bridgehead atoms. The maximum Gasteiger partial charge on any atom is 0.329 e. The van der Waals surface area contributed by atoms with Gasteiger partial charge in [0.05, 0.1) is 5.39 Å². The first kappa shape index (κ1) is 26.6. The summed E-state index contributed by atoms with van der Waals surface area (Å²) in [6, 6.07) is 5.60. The Balaban J connectivity index is 0.000000429. The number of piperazine rings is 1. The number of rotatable bonds is 6. The van der Waals surface area contributed by atoms with Gasteiger partial charge in [0.25, 0.3) is 0 Å². The third-order valence-electron chi connectivity index (χ3n) is 6.76. The van der Waals surface area contributed by atoms with Crippen LogP contribution in [0.2, 0.25) is 0 Å². The Morgan fingerprint density at radius 3 is 2.43 bits per heavy atom. The largest absolute Gasteiger partial charge is 0.354 e. The number of imide groups is 1. The molecule has 0 saturated carbocycles. The molecule has 1 aromatic heterocycles. The van der Waals surface area contributed by atoms with Gasteiger partial charge in [0.1, 0.15) is 0 Å². The fourth-order valence-corrected chi connectivity index (χ4v) is 4.45. The number of carbonyl (C=O) groups excluding carboxylic acids is 3. The van der Waals surface area contributed by atoms with E-state index in [-0.39, 0.29) is 30.8 Å². The van der Waals surface area contributed by atoms with Crippen molar-refractivity contribution >= 4 is 34.6 Å². The highest BCUT2D eigenvalue weighted by Gasteiger charge is 2.29. The molecule has 35 heavy (non-hydrogen) atoms. The van der Waals surface area contributed by atoms with Crippen LogP contribution in [0.1, 0.15) is 46.6 Å². The normalized spacial score (nSPS) is 19.1. The summed E-state index contributed by atoms with van der Waals surface area (Å²) in [4.78, 5) is 43.2. The van der Waals surface area contributed by atoms with Crippen LogP contribution in [0.25, 0.3) is 11.0 Å². The predicted molar refractivity (Wildman–Crippen MR) is 135 cm³/mol. The zero-order valence-electron chi connectivity index (χ0n) is 21.5. The van der Waals surface area contributed by atoms with Crippen LogP contribution in [-0.4, -0.2) is 89.6 Å². The lowest BCUT2D eigenvalue weighted by atomic mass is 10.1.